The minimum absolute atomic E-state index is 0.0385. The van der Waals surface area contributed by atoms with Crippen LogP contribution in [0.4, 0.5) is 0 Å². The average molecular weight is 463 g/mol. The fourth-order valence-corrected chi connectivity index (χ4v) is 4.16. The smallest absolute Gasteiger partial charge is 0.137 e. The van der Waals surface area contributed by atoms with Crippen LogP contribution in [0.1, 0.15) is 22.6 Å². The van der Waals surface area contributed by atoms with Crippen molar-refractivity contribution in [3.63, 3.8) is 0 Å². The van der Waals surface area contributed by atoms with Gasteiger partial charge in [0, 0.05) is 33.6 Å². The zero-order chi connectivity index (χ0) is 20.7. The Kier molecular flexibility index (Phi) is 4.67. The van der Waals surface area contributed by atoms with Crippen molar-refractivity contribution in [3.05, 3.63) is 82.3 Å². The van der Waals surface area contributed by atoms with Gasteiger partial charge in [0.05, 0.1) is 26.6 Å². The maximum absolute atomic E-state index is 5.42. The highest BCUT2D eigenvalue weighted by Crippen LogP contribution is 2.40. The second-order valence-electron chi connectivity index (χ2n) is 7.02. The lowest BCUT2D eigenvalue weighted by atomic mass is 9.85. The molecular weight excluding hydrogens is 444 g/mol. The van der Waals surface area contributed by atoms with Crippen molar-refractivity contribution in [1.29, 1.82) is 0 Å². The van der Waals surface area contributed by atoms with Crippen molar-refractivity contribution >= 4 is 38.0 Å². The number of rotatable bonds is 5. The first kappa shape index (κ1) is 18.7. The predicted octanol–water partition coefficient (Wildman–Crippen LogP) is 5.40. The Morgan fingerprint density at radius 1 is 0.800 bits per heavy atom. The van der Waals surface area contributed by atoms with Gasteiger partial charge in [0.2, 0.25) is 0 Å². The molecule has 0 spiro atoms. The molecule has 0 aliphatic rings. The van der Waals surface area contributed by atoms with E-state index in [2.05, 4.69) is 60.1 Å². The minimum atomic E-state index is -0.0385. The molecule has 0 atom stereocenters. The highest BCUT2D eigenvalue weighted by atomic mass is 79.9. The number of hydrogen-bond acceptors (Lipinski definition) is 4. The van der Waals surface area contributed by atoms with Crippen molar-refractivity contribution < 1.29 is 9.47 Å². The number of pyridine rings is 2. The lowest BCUT2D eigenvalue weighted by Crippen LogP contribution is -2.02. The minimum Gasteiger partial charge on any atom is -0.495 e. The number of halogens is 1. The van der Waals surface area contributed by atoms with Gasteiger partial charge in [0.1, 0.15) is 22.8 Å². The van der Waals surface area contributed by atoms with Crippen LogP contribution in [0.2, 0.25) is 0 Å². The molecule has 0 fully saturated rings. The quantitative estimate of drug-likeness (QED) is 0.366. The molecule has 1 aromatic carbocycles. The van der Waals surface area contributed by atoms with Crippen LogP contribution < -0.4 is 9.47 Å². The number of methoxy groups -OCH3 is 2. The number of fused-ring (bicyclic) bond motifs is 2. The molecule has 0 amide bonds. The molecule has 0 unspecified atom stereocenters. The standard InChI is InChI=1S/C23H19BrN4O2/c1-29-15-7-17-19(11-27-22(17)25-9-15)21(13-3-5-14(24)6-4-13)20-12-28-23-18(20)8-16(30-2)10-26-23/h3-12,21H,1-2H3,(H,25,27)(H,26,28). The molecule has 0 saturated heterocycles. The van der Waals surface area contributed by atoms with Gasteiger partial charge in [-0.05, 0) is 41.0 Å². The monoisotopic (exact) mass is 462 g/mol. The van der Waals surface area contributed by atoms with E-state index < -0.39 is 0 Å². The second-order valence-corrected chi connectivity index (χ2v) is 7.93. The Bertz CT molecular complexity index is 1260. The first-order valence-electron chi connectivity index (χ1n) is 9.45. The molecule has 6 nitrogen and oxygen atoms in total. The van der Waals surface area contributed by atoms with Gasteiger partial charge in [-0.25, -0.2) is 9.97 Å². The molecule has 4 heterocycles. The lowest BCUT2D eigenvalue weighted by Gasteiger charge is -2.17. The number of nitrogens with zero attached hydrogens (tertiary/aromatic N) is 2. The van der Waals surface area contributed by atoms with E-state index in [-0.39, 0.29) is 5.92 Å². The summed E-state index contributed by atoms with van der Waals surface area (Å²) in [7, 11) is 3.30. The normalized spacial score (nSPS) is 11.5. The molecule has 4 aromatic heterocycles. The first-order valence-corrected chi connectivity index (χ1v) is 10.2. The highest BCUT2D eigenvalue weighted by molar-refractivity contribution is 9.10. The van der Waals surface area contributed by atoms with Crippen LogP contribution in [-0.4, -0.2) is 34.2 Å². The van der Waals surface area contributed by atoms with Gasteiger partial charge < -0.3 is 19.4 Å². The third-order valence-electron chi connectivity index (χ3n) is 5.37. The molecule has 2 N–H and O–H groups in total. The SMILES string of the molecule is COc1cnc2[nH]cc(C(c3ccc(Br)cc3)c3c[nH]c4ncc(OC)cc34)c2c1. The van der Waals surface area contributed by atoms with Crippen molar-refractivity contribution in [2.24, 2.45) is 0 Å². The maximum atomic E-state index is 5.42. The molecule has 0 saturated carbocycles. The summed E-state index contributed by atoms with van der Waals surface area (Å²) in [6.45, 7) is 0. The predicted molar refractivity (Wildman–Crippen MR) is 120 cm³/mol. The van der Waals surface area contributed by atoms with Crippen molar-refractivity contribution in [2.75, 3.05) is 14.2 Å². The largest absolute Gasteiger partial charge is 0.495 e. The molecule has 30 heavy (non-hydrogen) atoms. The summed E-state index contributed by atoms with van der Waals surface area (Å²) in [4.78, 5) is 15.6. The van der Waals surface area contributed by atoms with Crippen molar-refractivity contribution in [1.82, 2.24) is 19.9 Å². The molecule has 5 rings (SSSR count). The number of nitrogens with one attached hydrogen (secondary N) is 2. The van der Waals surface area contributed by atoms with E-state index in [1.165, 1.54) is 0 Å². The number of benzene rings is 1. The van der Waals surface area contributed by atoms with Crippen LogP contribution in [0.5, 0.6) is 11.5 Å². The van der Waals surface area contributed by atoms with Gasteiger partial charge in [-0.3, -0.25) is 0 Å². The fraction of sp³-hybridized carbons (Fsp3) is 0.130. The van der Waals surface area contributed by atoms with Gasteiger partial charge in [-0.1, -0.05) is 28.1 Å². The summed E-state index contributed by atoms with van der Waals surface area (Å²) < 4.78 is 11.9. The summed E-state index contributed by atoms with van der Waals surface area (Å²) in [5, 5.41) is 2.04. The Morgan fingerprint density at radius 2 is 1.30 bits per heavy atom. The van der Waals surface area contributed by atoms with Gasteiger partial charge in [0.15, 0.2) is 0 Å². The van der Waals surface area contributed by atoms with Crippen LogP contribution in [0.15, 0.2) is 65.7 Å². The highest BCUT2D eigenvalue weighted by Gasteiger charge is 2.24. The van der Waals surface area contributed by atoms with Crippen LogP contribution in [-0.2, 0) is 0 Å². The molecule has 0 aliphatic carbocycles. The summed E-state index contributed by atoms with van der Waals surface area (Å²) in [6.07, 6.45) is 7.49. The number of hydrogen-bond donors (Lipinski definition) is 2. The summed E-state index contributed by atoms with van der Waals surface area (Å²) in [6, 6.07) is 12.4. The van der Waals surface area contributed by atoms with Crippen LogP contribution in [0.25, 0.3) is 22.1 Å². The van der Waals surface area contributed by atoms with Crippen molar-refractivity contribution in [3.8, 4) is 11.5 Å². The summed E-state index contributed by atoms with van der Waals surface area (Å²) in [5.74, 6) is 1.41. The fourth-order valence-electron chi connectivity index (χ4n) is 3.89. The number of aromatic amines is 2. The maximum Gasteiger partial charge on any atom is 0.137 e. The topological polar surface area (TPSA) is 75.8 Å². The van der Waals surface area contributed by atoms with Crippen molar-refractivity contribution in [2.45, 2.75) is 5.92 Å². The van der Waals surface area contributed by atoms with Crippen LogP contribution in [0.3, 0.4) is 0 Å². The molecule has 150 valence electrons. The summed E-state index contributed by atoms with van der Waals surface area (Å²) in [5.41, 5.74) is 5.03. The van der Waals surface area contributed by atoms with Gasteiger partial charge in [-0.2, -0.15) is 0 Å². The van der Waals surface area contributed by atoms with E-state index in [4.69, 9.17) is 9.47 Å². The van der Waals surface area contributed by atoms with E-state index in [1.54, 1.807) is 26.6 Å². The Balaban J connectivity index is 1.78. The third kappa shape index (κ3) is 3.11. The van der Waals surface area contributed by atoms with E-state index in [0.717, 1.165) is 54.7 Å². The lowest BCUT2D eigenvalue weighted by molar-refractivity contribution is 0.413. The number of H-pyrrole nitrogens is 2. The van der Waals surface area contributed by atoms with Crippen LogP contribution in [0, 0.1) is 0 Å². The first-order chi connectivity index (χ1) is 14.7. The van der Waals surface area contributed by atoms with Crippen LogP contribution >= 0.6 is 15.9 Å². The van der Waals surface area contributed by atoms with E-state index in [0.29, 0.717) is 0 Å². The molecule has 7 heteroatoms. The molecule has 0 bridgehead atoms. The van der Waals surface area contributed by atoms with E-state index in [1.807, 2.05) is 24.5 Å². The van der Waals surface area contributed by atoms with Gasteiger partial charge in [0.25, 0.3) is 0 Å². The zero-order valence-electron chi connectivity index (χ0n) is 16.4. The summed E-state index contributed by atoms with van der Waals surface area (Å²) >= 11 is 3.54. The zero-order valence-corrected chi connectivity index (χ0v) is 18.0. The van der Waals surface area contributed by atoms with E-state index in [9.17, 15) is 0 Å². The molecule has 5 aromatic rings. The Hall–Kier alpha value is -3.32. The van der Waals surface area contributed by atoms with E-state index >= 15 is 0 Å². The Morgan fingerprint density at radius 3 is 1.77 bits per heavy atom. The molecular formula is C23H19BrN4O2. The van der Waals surface area contributed by atoms with Gasteiger partial charge >= 0.3 is 0 Å². The molecule has 0 aliphatic heterocycles. The second kappa shape index (κ2) is 7.50. The van der Waals surface area contributed by atoms with Gasteiger partial charge in [-0.15, -0.1) is 0 Å². The number of aromatic nitrogens is 4. The average Bonchev–Trinajstić information content (AvgIpc) is 3.39. The molecule has 0 radical (unpaired) electrons. The third-order valence-corrected chi connectivity index (χ3v) is 5.90. The number of ether oxygens (including phenoxy) is 2. The Labute approximate surface area is 181 Å².